The molecular formula is C13H21BrN4. The minimum atomic E-state index is 0.550. The number of hydrogen-bond donors (Lipinski definition) is 1. The summed E-state index contributed by atoms with van der Waals surface area (Å²) >= 11 is 3.47. The van der Waals surface area contributed by atoms with Crippen LogP contribution in [0.15, 0.2) is 16.7 Å². The van der Waals surface area contributed by atoms with Gasteiger partial charge in [0.15, 0.2) is 0 Å². The molecule has 18 heavy (non-hydrogen) atoms. The minimum absolute atomic E-state index is 0.550. The normalized spacial score (nSPS) is 22.1. The summed E-state index contributed by atoms with van der Waals surface area (Å²) in [7, 11) is 4.38. The molecule has 0 amide bonds. The third-order valence-electron chi connectivity index (χ3n) is 3.55. The number of hydrogen-bond acceptors (Lipinski definition) is 4. The van der Waals surface area contributed by atoms with Crippen LogP contribution in [0.1, 0.15) is 5.56 Å². The van der Waals surface area contributed by atoms with Crippen LogP contribution in [0.4, 0.5) is 5.82 Å². The molecule has 2 rings (SSSR count). The van der Waals surface area contributed by atoms with Gasteiger partial charge in [-0.25, -0.2) is 4.98 Å². The number of anilines is 1. The Bertz CT molecular complexity index is 410. The van der Waals surface area contributed by atoms with E-state index >= 15 is 0 Å². The number of pyridine rings is 1. The Morgan fingerprint density at radius 3 is 2.94 bits per heavy atom. The van der Waals surface area contributed by atoms with Gasteiger partial charge in [0.1, 0.15) is 5.82 Å². The van der Waals surface area contributed by atoms with E-state index in [0.717, 1.165) is 36.5 Å². The summed E-state index contributed by atoms with van der Waals surface area (Å²) < 4.78 is 1.06. The number of aryl methyl sites for hydroxylation is 1. The molecule has 2 heterocycles. The molecule has 4 nitrogen and oxygen atoms in total. The number of aromatic nitrogens is 1. The van der Waals surface area contributed by atoms with E-state index in [4.69, 9.17) is 0 Å². The van der Waals surface area contributed by atoms with Gasteiger partial charge in [-0.15, -0.1) is 0 Å². The van der Waals surface area contributed by atoms with Crippen molar-refractivity contribution in [1.82, 2.24) is 14.8 Å². The van der Waals surface area contributed by atoms with E-state index in [1.807, 2.05) is 6.20 Å². The molecule has 1 fully saturated rings. The molecule has 0 radical (unpaired) electrons. The van der Waals surface area contributed by atoms with E-state index in [2.05, 4.69) is 63.1 Å². The average Bonchev–Trinajstić information content (AvgIpc) is 2.34. The highest BCUT2D eigenvalue weighted by molar-refractivity contribution is 9.10. The molecule has 1 unspecified atom stereocenters. The molecule has 1 atom stereocenters. The molecule has 0 spiro atoms. The highest BCUT2D eigenvalue weighted by atomic mass is 79.9. The lowest BCUT2D eigenvalue weighted by molar-refractivity contribution is 0.122. The maximum Gasteiger partial charge on any atom is 0.126 e. The number of halogens is 1. The summed E-state index contributed by atoms with van der Waals surface area (Å²) in [5, 5.41) is 3.43. The van der Waals surface area contributed by atoms with Crippen LogP contribution in [0.25, 0.3) is 0 Å². The molecule has 1 aliphatic heterocycles. The predicted molar refractivity (Wildman–Crippen MR) is 79.1 cm³/mol. The summed E-state index contributed by atoms with van der Waals surface area (Å²) in [5.74, 6) is 0.956. The lowest BCUT2D eigenvalue weighted by atomic mass is 10.2. The first-order valence-corrected chi connectivity index (χ1v) is 7.10. The van der Waals surface area contributed by atoms with Crippen molar-refractivity contribution < 1.29 is 0 Å². The zero-order valence-electron chi connectivity index (χ0n) is 11.3. The van der Waals surface area contributed by atoms with Crippen LogP contribution in [0.3, 0.4) is 0 Å². The molecule has 0 aromatic carbocycles. The first kappa shape index (κ1) is 13.8. The van der Waals surface area contributed by atoms with E-state index in [-0.39, 0.29) is 0 Å². The molecule has 1 aromatic heterocycles. The Kier molecular flexibility index (Phi) is 4.59. The molecule has 1 aliphatic rings. The van der Waals surface area contributed by atoms with Crippen molar-refractivity contribution in [3.8, 4) is 0 Å². The first-order valence-electron chi connectivity index (χ1n) is 6.31. The smallest absolute Gasteiger partial charge is 0.126 e. The molecule has 1 N–H and O–H groups in total. The van der Waals surface area contributed by atoms with Crippen molar-refractivity contribution >= 4 is 21.7 Å². The van der Waals surface area contributed by atoms with Crippen LogP contribution < -0.4 is 5.32 Å². The predicted octanol–water partition coefficient (Wildman–Crippen LogP) is 1.81. The van der Waals surface area contributed by atoms with Crippen LogP contribution in [-0.4, -0.2) is 61.1 Å². The summed E-state index contributed by atoms with van der Waals surface area (Å²) in [6, 6.07) is 2.63. The molecule has 0 saturated carbocycles. The van der Waals surface area contributed by atoms with E-state index in [1.54, 1.807) is 0 Å². The Morgan fingerprint density at radius 1 is 1.44 bits per heavy atom. The van der Waals surface area contributed by atoms with Crippen LogP contribution >= 0.6 is 15.9 Å². The van der Waals surface area contributed by atoms with Crippen molar-refractivity contribution in [3.05, 3.63) is 22.3 Å². The quantitative estimate of drug-likeness (QED) is 0.922. The van der Waals surface area contributed by atoms with Gasteiger partial charge >= 0.3 is 0 Å². The Balaban J connectivity index is 1.92. The molecule has 5 heteroatoms. The van der Waals surface area contributed by atoms with Gasteiger partial charge in [0.2, 0.25) is 0 Å². The Hall–Kier alpha value is -0.650. The van der Waals surface area contributed by atoms with Gasteiger partial charge in [-0.3, -0.25) is 4.90 Å². The van der Waals surface area contributed by atoms with Crippen molar-refractivity contribution in [2.24, 2.45) is 0 Å². The van der Waals surface area contributed by atoms with Crippen molar-refractivity contribution in [1.29, 1.82) is 0 Å². The lowest BCUT2D eigenvalue weighted by Gasteiger charge is -2.37. The van der Waals surface area contributed by atoms with Gasteiger partial charge in [0, 0.05) is 42.9 Å². The fourth-order valence-electron chi connectivity index (χ4n) is 2.18. The van der Waals surface area contributed by atoms with Gasteiger partial charge < -0.3 is 10.2 Å². The first-order chi connectivity index (χ1) is 8.56. The topological polar surface area (TPSA) is 31.4 Å². The summed E-state index contributed by atoms with van der Waals surface area (Å²) in [6.07, 6.45) is 1.86. The Morgan fingerprint density at radius 2 is 2.22 bits per heavy atom. The number of rotatable bonds is 3. The van der Waals surface area contributed by atoms with Crippen LogP contribution in [0, 0.1) is 6.92 Å². The highest BCUT2D eigenvalue weighted by Crippen LogP contribution is 2.17. The van der Waals surface area contributed by atoms with Gasteiger partial charge in [-0.05, 0) is 48.6 Å². The SMILES string of the molecule is Cc1cc(NCC2CN(C)CCN2C)ncc1Br. The van der Waals surface area contributed by atoms with Gasteiger partial charge in [-0.2, -0.15) is 0 Å². The van der Waals surface area contributed by atoms with Gasteiger partial charge in [-0.1, -0.05) is 0 Å². The second-order valence-corrected chi connectivity index (χ2v) is 5.95. The summed E-state index contributed by atoms with van der Waals surface area (Å²) in [5.41, 5.74) is 1.21. The van der Waals surface area contributed by atoms with E-state index < -0.39 is 0 Å². The van der Waals surface area contributed by atoms with E-state index in [1.165, 1.54) is 5.56 Å². The van der Waals surface area contributed by atoms with Gasteiger partial charge in [0.05, 0.1) is 0 Å². The number of piperazine rings is 1. The number of nitrogens with one attached hydrogen (secondary N) is 1. The van der Waals surface area contributed by atoms with Crippen molar-refractivity contribution in [2.75, 3.05) is 45.6 Å². The Labute approximate surface area is 118 Å². The molecule has 0 bridgehead atoms. The zero-order chi connectivity index (χ0) is 13.1. The van der Waals surface area contributed by atoms with Crippen molar-refractivity contribution in [2.45, 2.75) is 13.0 Å². The second kappa shape index (κ2) is 5.99. The standard InChI is InChI=1S/C13H21BrN4/c1-10-6-13(16-8-12(10)14)15-7-11-9-17(2)4-5-18(11)3/h6,8,11H,4-5,7,9H2,1-3H3,(H,15,16). The second-order valence-electron chi connectivity index (χ2n) is 5.10. The maximum atomic E-state index is 4.38. The fraction of sp³-hybridized carbons (Fsp3) is 0.615. The number of likely N-dealkylation sites (N-methyl/N-ethyl adjacent to an activating group) is 2. The molecule has 100 valence electrons. The minimum Gasteiger partial charge on any atom is -0.368 e. The van der Waals surface area contributed by atoms with E-state index in [0.29, 0.717) is 6.04 Å². The van der Waals surface area contributed by atoms with Crippen LogP contribution in [0.2, 0.25) is 0 Å². The summed E-state index contributed by atoms with van der Waals surface area (Å²) in [6.45, 7) is 6.42. The molecular weight excluding hydrogens is 292 g/mol. The van der Waals surface area contributed by atoms with Crippen molar-refractivity contribution in [3.63, 3.8) is 0 Å². The number of nitrogens with zero attached hydrogens (tertiary/aromatic N) is 3. The maximum absolute atomic E-state index is 4.38. The molecule has 1 aromatic rings. The highest BCUT2D eigenvalue weighted by Gasteiger charge is 2.21. The third kappa shape index (κ3) is 3.43. The zero-order valence-corrected chi connectivity index (χ0v) is 12.9. The van der Waals surface area contributed by atoms with E-state index in [9.17, 15) is 0 Å². The third-order valence-corrected chi connectivity index (χ3v) is 4.38. The molecule has 1 saturated heterocycles. The summed E-state index contributed by atoms with van der Waals surface area (Å²) in [4.78, 5) is 9.17. The van der Waals surface area contributed by atoms with Crippen LogP contribution in [-0.2, 0) is 0 Å². The fourth-order valence-corrected chi connectivity index (χ4v) is 2.40. The average molecular weight is 313 g/mol. The molecule has 0 aliphatic carbocycles. The van der Waals surface area contributed by atoms with Gasteiger partial charge in [0.25, 0.3) is 0 Å². The van der Waals surface area contributed by atoms with Crippen LogP contribution in [0.5, 0.6) is 0 Å². The lowest BCUT2D eigenvalue weighted by Crippen LogP contribution is -2.52. The largest absolute Gasteiger partial charge is 0.368 e. The monoisotopic (exact) mass is 312 g/mol.